The fourth-order valence-electron chi connectivity index (χ4n) is 1.14. The average Bonchev–Trinajstić information content (AvgIpc) is 2.20. The summed E-state index contributed by atoms with van der Waals surface area (Å²) in [5.41, 5.74) is -2.00. The van der Waals surface area contributed by atoms with Crippen molar-refractivity contribution < 1.29 is 24.2 Å². The van der Waals surface area contributed by atoms with Crippen LogP contribution in [0.25, 0.3) is 0 Å². The molecule has 0 heterocycles. The number of carboxylic acids is 1. The van der Waals surface area contributed by atoms with Gasteiger partial charge in [-0.3, -0.25) is 4.79 Å². The maximum Gasteiger partial charge on any atom is 0.408 e. The van der Waals surface area contributed by atoms with E-state index >= 15 is 0 Å². The first-order valence-corrected chi connectivity index (χ1v) is 6.68. The summed E-state index contributed by atoms with van der Waals surface area (Å²) in [6.45, 7) is 7.98. The molecule has 0 rings (SSSR count). The smallest absolute Gasteiger partial charge is 0.408 e. The van der Waals surface area contributed by atoms with Gasteiger partial charge in [0.2, 0.25) is 5.91 Å². The van der Waals surface area contributed by atoms with Crippen LogP contribution >= 0.6 is 12.6 Å². The number of amides is 2. The molecule has 7 nitrogen and oxygen atoms in total. The van der Waals surface area contributed by atoms with Crippen LogP contribution in [0.2, 0.25) is 0 Å². The number of aliphatic carboxylic acids is 1. The zero-order chi connectivity index (χ0) is 16.1. The van der Waals surface area contributed by atoms with E-state index in [0.717, 1.165) is 0 Å². The molecule has 0 radical (unpaired) electrons. The van der Waals surface area contributed by atoms with Crippen LogP contribution in [0, 0.1) is 0 Å². The van der Waals surface area contributed by atoms with Gasteiger partial charge in [0.05, 0.1) is 0 Å². The Morgan fingerprint density at radius 3 is 2.05 bits per heavy atom. The molecule has 0 fully saturated rings. The molecule has 116 valence electrons. The number of alkyl carbamates (subject to hydrolysis) is 1. The Labute approximate surface area is 123 Å². The molecule has 0 aromatic rings. The molecule has 0 aromatic heterocycles. The fraction of sp³-hybridized carbons (Fsp3) is 0.750. The Kier molecular flexibility index (Phi) is 6.33. The Hall–Kier alpha value is -1.44. The number of carbonyl (C=O) groups is 3. The zero-order valence-corrected chi connectivity index (χ0v) is 13.2. The first-order chi connectivity index (χ1) is 8.89. The van der Waals surface area contributed by atoms with E-state index in [1.807, 2.05) is 0 Å². The molecule has 0 saturated heterocycles. The van der Waals surface area contributed by atoms with Gasteiger partial charge >= 0.3 is 12.1 Å². The zero-order valence-electron chi connectivity index (χ0n) is 12.3. The van der Waals surface area contributed by atoms with Crippen molar-refractivity contribution in [3.05, 3.63) is 0 Å². The Balaban J connectivity index is 4.67. The first kappa shape index (κ1) is 18.6. The number of carboxylic acid groups (broad SMARTS) is 1. The van der Waals surface area contributed by atoms with Crippen molar-refractivity contribution in [2.24, 2.45) is 0 Å². The minimum atomic E-state index is -1.31. The largest absolute Gasteiger partial charge is 0.480 e. The monoisotopic (exact) mass is 306 g/mol. The van der Waals surface area contributed by atoms with Gasteiger partial charge in [-0.2, -0.15) is 12.6 Å². The molecular formula is C12H22N2O5S. The topological polar surface area (TPSA) is 105 Å². The fourth-order valence-corrected chi connectivity index (χ4v) is 1.39. The van der Waals surface area contributed by atoms with Gasteiger partial charge in [0.25, 0.3) is 0 Å². The van der Waals surface area contributed by atoms with Crippen LogP contribution in [0.15, 0.2) is 0 Å². The number of hydrogen-bond donors (Lipinski definition) is 4. The van der Waals surface area contributed by atoms with Crippen molar-refractivity contribution in [3.63, 3.8) is 0 Å². The second-order valence-corrected chi connectivity index (χ2v) is 6.16. The first-order valence-electron chi connectivity index (χ1n) is 6.05. The van der Waals surface area contributed by atoms with E-state index in [4.69, 9.17) is 9.84 Å². The molecule has 0 unspecified atom stereocenters. The Bertz CT molecular complexity index is 390. The lowest BCUT2D eigenvalue weighted by Crippen LogP contribution is -2.58. The van der Waals surface area contributed by atoms with Crippen molar-refractivity contribution in [2.45, 2.75) is 51.8 Å². The van der Waals surface area contributed by atoms with E-state index in [-0.39, 0.29) is 5.75 Å². The predicted octanol–water partition coefficient (Wildman–Crippen LogP) is 0.789. The maximum absolute atomic E-state index is 12.0. The molecular weight excluding hydrogens is 284 g/mol. The van der Waals surface area contributed by atoms with Gasteiger partial charge in [0, 0.05) is 5.75 Å². The van der Waals surface area contributed by atoms with Crippen LogP contribution in [0.5, 0.6) is 0 Å². The number of ether oxygens (including phenoxy) is 1. The summed E-state index contributed by atoms with van der Waals surface area (Å²) in [5.74, 6) is -1.88. The lowest BCUT2D eigenvalue weighted by atomic mass is 10.0. The summed E-state index contributed by atoms with van der Waals surface area (Å²) in [6, 6.07) is -1.12. The van der Waals surface area contributed by atoms with Gasteiger partial charge in [-0.25, -0.2) is 9.59 Å². The minimum absolute atomic E-state index is 0.0520. The van der Waals surface area contributed by atoms with Gasteiger partial charge in [-0.05, 0) is 34.6 Å². The van der Waals surface area contributed by atoms with Gasteiger partial charge < -0.3 is 20.5 Å². The molecule has 0 aliphatic heterocycles. The molecule has 8 heteroatoms. The molecule has 0 aliphatic rings. The molecule has 20 heavy (non-hydrogen) atoms. The highest BCUT2D eigenvalue weighted by Gasteiger charge is 2.33. The second kappa shape index (κ2) is 6.83. The number of nitrogens with one attached hydrogen (secondary N) is 2. The molecule has 0 bridgehead atoms. The van der Waals surface area contributed by atoms with Crippen LogP contribution in [-0.2, 0) is 14.3 Å². The normalized spacial score (nSPS) is 13.3. The highest BCUT2D eigenvalue weighted by Crippen LogP contribution is 2.10. The quantitative estimate of drug-likeness (QED) is 0.562. The third kappa shape index (κ3) is 6.65. The lowest BCUT2D eigenvalue weighted by molar-refractivity contribution is -0.141. The standard InChI is InChI=1S/C12H22N2O5S/c1-11(2,3)19-10(18)14-12(4,5)9(17)13-7(6-20)8(15)16/h7,20H,6H2,1-5H3,(H,13,17)(H,14,18)(H,15,16)/t7-/m0/s1. The van der Waals surface area contributed by atoms with Crippen LogP contribution in [0.1, 0.15) is 34.6 Å². The summed E-state index contributed by atoms with van der Waals surface area (Å²) in [6.07, 6.45) is -0.754. The van der Waals surface area contributed by atoms with Crippen molar-refractivity contribution in [1.29, 1.82) is 0 Å². The van der Waals surface area contributed by atoms with Crippen molar-refractivity contribution in [1.82, 2.24) is 10.6 Å². The van der Waals surface area contributed by atoms with Crippen LogP contribution in [0.4, 0.5) is 4.79 Å². The maximum atomic E-state index is 12.0. The number of hydrogen-bond acceptors (Lipinski definition) is 5. The summed E-state index contributed by atoms with van der Waals surface area (Å²) < 4.78 is 5.04. The summed E-state index contributed by atoms with van der Waals surface area (Å²) >= 11 is 3.84. The van der Waals surface area contributed by atoms with E-state index in [2.05, 4.69) is 23.3 Å². The van der Waals surface area contributed by atoms with Crippen LogP contribution < -0.4 is 10.6 Å². The Morgan fingerprint density at radius 1 is 1.20 bits per heavy atom. The molecule has 2 amide bonds. The van der Waals surface area contributed by atoms with Crippen LogP contribution in [0.3, 0.4) is 0 Å². The third-order valence-corrected chi connectivity index (χ3v) is 2.53. The minimum Gasteiger partial charge on any atom is -0.480 e. The van der Waals surface area contributed by atoms with Gasteiger partial charge in [0.1, 0.15) is 17.2 Å². The van der Waals surface area contributed by atoms with Crippen molar-refractivity contribution >= 4 is 30.6 Å². The van der Waals surface area contributed by atoms with Crippen LogP contribution in [-0.4, -0.2) is 46.0 Å². The van der Waals surface area contributed by atoms with E-state index in [1.165, 1.54) is 13.8 Å². The lowest BCUT2D eigenvalue weighted by Gasteiger charge is -2.28. The summed E-state index contributed by atoms with van der Waals surface area (Å²) in [4.78, 5) is 34.4. The number of rotatable bonds is 5. The molecule has 0 aliphatic carbocycles. The molecule has 0 aromatic carbocycles. The van der Waals surface area contributed by atoms with E-state index in [0.29, 0.717) is 0 Å². The summed E-state index contributed by atoms with van der Waals surface area (Å²) in [5, 5.41) is 13.5. The highest BCUT2D eigenvalue weighted by atomic mass is 32.1. The Morgan fingerprint density at radius 2 is 1.70 bits per heavy atom. The predicted molar refractivity (Wildman–Crippen MR) is 76.9 cm³/mol. The van der Waals surface area contributed by atoms with E-state index in [9.17, 15) is 14.4 Å². The third-order valence-electron chi connectivity index (χ3n) is 2.17. The molecule has 1 atom stereocenters. The molecule has 0 spiro atoms. The SMILES string of the molecule is CC(C)(C)OC(=O)NC(C)(C)C(=O)N[C@@H](CS)C(=O)O. The number of carbonyl (C=O) groups excluding carboxylic acids is 2. The van der Waals surface area contributed by atoms with Crippen molar-refractivity contribution in [2.75, 3.05) is 5.75 Å². The second-order valence-electron chi connectivity index (χ2n) is 5.80. The van der Waals surface area contributed by atoms with Gasteiger partial charge in [-0.1, -0.05) is 0 Å². The molecule has 0 saturated carbocycles. The number of thiol groups is 1. The van der Waals surface area contributed by atoms with Gasteiger partial charge in [-0.15, -0.1) is 0 Å². The molecule has 3 N–H and O–H groups in total. The van der Waals surface area contributed by atoms with E-state index in [1.54, 1.807) is 20.8 Å². The summed E-state index contributed by atoms with van der Waals surface area (Å²) in [7, 11) is 0. The highest BCUT2D eigenvalue weighted by molar-refractivity contribution is 7.80. The van der Waals surface area contributed by atoms with E-state index < -0.39 is 35.2 Å². The average molecular weight is 306 g/mol. The van der Waals surface area contributed by atoms with Gasteiger partial charge in [0.15, 0.2) is 0 Å². The van der Waals surface area contributed by atoms with Crippen molar-refractivity contribution in [3.8, 4) is 0 Å².